The number of hydrogen-bond acceptors (Lipinski definition) is 7. The van der Waals surface area contributed by atoms with Crippen LogP contribution < -0.4 is 35.1 Å². The highest BCUT2D eigenvalue weighted by Crippen LogP contribution is 2.38. The van der Waals surface area contributed by atoms with Gasteiger partial charge in [-0.05, 0) is 54.2 Å². The van der Waals surface area contributed by atoms with Crippen molar-refractivity contribution in [3.63, 3.8) is 0 Å². The lowest BCUT2D eigenvalue weighted by atomic mass is 9.85. The van der Waals surface area contributed by atoms with Crippen molar-refractivity contribution < 1.29 is 33.3 Å². The molecule has 0 saturated heterocycles. The van der Waals surface area contributed by atoms with Gasteiger partial charge < -0.3 is 24.3 Å². The number of rotatable bonds is 13. The van der Waals surface area contributed by atoms with Gasteiger partial charge in [0.25, 0.3) is 5.91 Å². The van der Waals surface area contributed by atoms with Crippen LogP contribution in [0.15, 0.2) is 36.4 Å². The highest BCUT2D eigenvalue weighted by atomic mass is 16.5. The molecule has 1 aliphatic carbocycles. The van der Waals surface area contributed by atoms with E-state index in [9.17, 15) is 14.4 Å². The monoisotopic (exact) mass is 569 g/mol. The van der Waals surface area contributed by atoms with Crippen molar-refractivity contribution in [1.29, 1.82) is 0 Å². The predicted molar refractivity (Wildman–Crippen MR) is 156 cm³/mol. The standard InChI is InChI=1S/C31H43N3O7/c1-31(2,20-28(36)33-34-30(37)22-17-25(38-3)29(40-5)26(18-22)39-4)19-27(35)32-23-11-13-24(14-12-23)41-16-15-21-9-7-6-8-10-21/h11-14,17-18,21H,6-10,15-16,19-20H2,1-5H3,(H,32,35)(H,33,36)(H,34,37). The van der Waals surface area contributed by atoms with Crippen LogP contribution in [0.1, 0.15) is 75.6 Å². The van der Waals surface area contributed by atoms with Crippen LogP contribution in [0.4, 0.5) is 5.69 Å². The molecule has 224 valence electrons. The van der Waals surface area contributed by atoms with E-state index in [0.717, 1.165) is 18.1 Å². The van der Waals surface area contributed by atoms with Gasteiger partial charge in [-0.25, -0.2) is 0 Å². The molecule has 0 unspecified atom stereocenters. The fraction of sp³-hybridized carbons (Fsp3) is 0.516. The summed E-state index contributed by atoms with van der Waals surface area (Å²) in [6.45, 7) is 4.34. The first-order valence-electron chi connectivity index (χ1n) is 14.1. The lowest BCUT2D eigenvalue weighted by Crippen LogP contribution is -2.43. The molecule has 0 radical (unpaired) electrons. The van der Waals surface area contributed by atoms with Gasteiger partial charge in [-0.1, -0.05) is 46.0 Å². The molecule has 2 aromatic carbocycles. The molecule has 0 heterocycles. The van der Waals surface area contributed by atoms with Gasteiger partial charge in [-0.15, -0.1) is 0 Å². The molecule has 0 aromatic heterocycles. The Labute approximate surface area is 242 Å². The Morgan fingerprint density at radius 2 is 1.44 bits per heavy atom. The van der Waals surface area contributed by atoms with E-state index in [4.69, 9.17) is 18.9 Å². The summed E-state index contributed by atoms with van der Waals surface area (Å²) in [5, 5.41) is 2.88. The quantitative estimate of drug-likeness (QED) is 0.281. The number of nitrogens with one attached hydrogen (secondary N) is 3. The number of carbonyl (C=O) groups excluding carboxylic acids is 3. The van der Waals surface area contributed by atoms with Gasteiger partial charge in [0, 0.05) is 24.1 Å². The Bertz CT molecular complexity index is 1150. The largest absolute Gasteiger partial charge is 0.494 e. The first-order chi connectivity index (χ1) is 19.6. The van der Waals surface area contributed by atoms with Crippen molar-refractivity contribution in [2.75, 3.05) is 33.3 Å². The number of benzene rings is 2. The van der Waals surface area contributed by atoms with Gasteiger partial charge in [0.2, 0.25) is 17.6 Å². The van der Waals surface area contributed by atoms with Crippen LogP contribution >= 0.6 is 0 Å². The molecule has 1 fully saturated rings. The van der Waals surface area contributed by atoms with Crippen molar-refractivity contribution >= 4 is 23.4 Å². The maximum Gasteiger partial charge on any atom is 0.269 e. The first-order valence-corrected chi connectivity index (χ1v) is 14.1. The topological polar surface area (TPSA) is 124 Å². The van der Waals surface area contributed by atoms with Crippen molar-refractivity contribution in [1.82, 2.24) is 10.9 Å². The maximum atomic E-state index is 12.7. The number of methoxy groups -OCH3 is 3. The van der Waals surface area contributed by atoms with Crippen LogP contribution in [-0.2, 0) is 9.59 Å². The van der Waals surface area contributed by atoms with E-state index >= 15 is 0 Å². The van der Waals surface area contributed by atoms with E-state index in [1.54, 1.807) is 0 Å². The van der Waals surface area contributed by atoms with Crippen LogP contribution in [0.25, 0.3) is 0 Å². The smallest absolute Gasteiger partial charge is 0.269 e. The molecule has 0 atom stereocenters. The molecular formula is C31H43N3O7. The van der Waals surface area contributed by atoms with Crippen molar-refractivity contribution in [3.8, 4) is 23.0 Å². The third-order valence-corrected chi connectivity index (χ3v) is 7.18. The maximum absolute atomic E-state index is 12.7. The summed E-state index contributed by atoms with van der Waals surface area (Å²) >= 11 is 0. The van der Waals surface area contributed by atoms with Crippen molar-refractivity contribution in [2.24, 2.45) is 11.3 Å². The van der Waals surface area contributed by atoms with Gasteiger partial charge in [0.1, 0.15) is 5.75 Å². The minimum atomic E-state index is -0.659. The van der Waals surface area contributed by atoms with E-state index in [-0.39, 0.29) is 24.3 Å². The average molecular weight is 570 g/mol. The molecule has 10 nitrogen and oxygen atoms in total. The summed E-state index contributed by atoms with van der Waals surface area (Å²) in [5.41, 5.74) is 5.01. The zero-order valence-electron chi connectivity index (χ0n) is 24.8. The van der Waals surface area contributed by atoms with E-state index < -0.39 is 17.2 Å². The summed E-state index contributed by atoms with van der Waals surface area (Å²) in [7, 11) is 4.36. The lowest BCUT2D eigenvalue weighted by Gasteiger charge is -2.23. The number of amides is 3. The van der Waals surface area contributed by atoms with Crippen molar-refractivity contribution in [3.05, 3.63) is 42.0 Å². The lowest BCUT2D eigenvalue weighted by molar-refractivity contribution is -0.124. The summed E-state index contributed by atoms with van der Waals surface area (Å²) in [6.07, 6.45) is 7.82. The zero-order chi connectivity index (χ0) is 29.8. The fourth-order valence-electron chi connectivity index (χ4n) is 5.05. The van der Waals surface area contributed by atoms with E-state index in [1.165, 1.54) is 65.6 Å². The Morgan fingerprint density at radius 3 is 2.02 bits per heavy atom. The Kier molecular flexibility index (Phi) is 11.7. The molecule has 3 rings (SSSR count). The fourth-order valence-corrected chi connectivity index (χ4v) is 5.05. The SMILES string of the molecule is COc1cc(C(=O)NNC(=O)CC(C)(C)CC(=O)Nc2ccc(OCCC3CCCCC3)cc2)cc(OC)c1OC. The molecule has 3 amide bonds. The van der Waals surface area contributed by atoms with Gasteiger partial charge in [0.15, 0.2) is 11.5 Å². The highest BCUT2D eigenvalue weighted by molar-refractivity contribution is 5.97. The second-order valence-corrected chi connectivity index (χ2v) is 11.1. The Morgan fingerprint density at radius 1 is 0.829 bits per heavy atom. The molecule has 1 saturated carbocycles. The molecule has 0 aliphatic heterocycles. The predicted octanol–water partition coefficient (Wildman–Crippen LogP) is 5.27. The number of anilines is 1. The summed E-state index contributed by atoms with van der Waals surface area (Å²) in [4.78, 5) is 37.9. The van der Waals surface area contributed by atoms with Crippen LogP contribution in [0.3, 0.4) is 0 Å². The summed E-state index contributed by atoms with van der Waals surface area (Å²) in [5.74, 6) is 1.32. The van der Waals surface area contributed by atoms with Crippen LogP contribution in [0.2, 0.25) is 0 Å². The minimum Gasteiger partial charge on any atom is -0.494 e. The molecular weight excluding hydrogens is 526 g/mol. The van der Waals surface area contributed by atoms with E-state index in [0.29, 0.717) is 29.5 Å². The number of carbonyl (C=O) groups is 3. The summed E-state index contributed by atoms with van der Waals surface area (Å²) < 4.78 is 21.7. The molecule has 0 spiro atoms. The molecule has 10 heteroatoms. The zero-order valence-corrected chi connectivity index (χ0v) is 24.8. The van der Waals surface area contributed by atoms with E-state index in [1.807, 2.05) is 38.1 Å². The van der Waals surface area contributed by atoms with Gasteiger partial charge in [-0.2, -0.15) is 0 Å². The number of hydrazine groups is 1. The molecule has 2 aromatic rings. The van der Waals surface area contributed by atoms with Gasteiger partial charge in [-0.3, -0.25) is 25.2 Å². The number of hydrogen-bond donors (Lipinski definition) is 3. The van der Waals surface area contributed by atoms with Gasteiger partial charge in [0.05, 0.1) is 27.9 Å². The second kappa shape index (κ2) is 15.2. The van der Waals surface area contributed by atoms with Gasteiger partial charge >= 0.3 is 0 Å². The average Bonchev–Trinajstić information content (AvgIpc) is 2.95. The minimum absolute atomic E-state index is 0.0176. The normalized spacial score (nSPS) is 13.6. The molecule has 3 N–H and O–H groups in total. The van der Waals surface area contributed by atoms with Crippen LogP contribution in [-0.4, -0.2) is 45.7 Å². The van der Waals surface area contributed by atoms with E-state index in [2.05, 4.69) is 16.2 Å². The molecule has 41 heavy (non-hydrogen) atoms. The van der Waals surface area contributed by atoms with Crippen molar-refractivity contribution in [2.45, 2.75) is 65.2 Å². The number of ether oxygens (including phenoxy) is 4. The summed E-state index contributed by atoms with van der Waals surface area (Å²) in [6, 6.07) is 10.3. The first kappa shape index (κ1) is 31.6. The third-order valence-electron chi connectivity index (χ3n) is 7.18. The third kappa shape index (κ3) is 9.88. The Hall–Kier alpha value is -3.95. The second-order valence-electron chi connectivity index (χ2n) is 11.1. The molecule has 1 aliphatic rings. The van der Waals surface area contributed by atoms with Crippen LogP contribution in [0, 0.1) is 11.3 Å². The highest BCUT2D eigenvalue weighted by Gasteiger charge is 2.26. The van der Waals surface area contributed by atoms with Crippen LogP contribution in [0.5, 0.6) is 23.0 Å². The molecule has 0 bridgehead atoms. The Balaban J connectivity index is 1.43.